The Labute approximate surface area is 77.3 Å². The van der Waals surface area contributed by atoms with Crippen LogP contribution in [0.25, 0.3) is 0 Å². The average molecular weight is 178 g/mol. The first-order chi connectivity index (χ1) is 6.27. The van der Waals surface area contributed by atoms with E-state index in [1.54, 1.807) is 6.20 Å². The van der Waals surface area contributed by atoms with Crippen LogP contribution in [0.4, 0.5) is 0 Å². The zero-order valence-electron chi connectivity index (χ0n) is 7.49. The van der Waals surface area contributed by atoms with E-state index in [0.29, 0.717) is 0 Å². The van der Waals surface area contributed by atoms with Crippen molar-refractivity contribution in [3.8, 4) is 0 Å². The van der Waals surface area contributed by atoms with E-state index in [-0.39, 0.29) is 17.7 Å². The van der Waals surface area contributed by atoms with Crippen LogP contribution in [-0.2, 0) is 0 Å². The van der Waals surface area contributed by atoms with Gasteiger partial charge in [-0.25, -0.2) is 0 Å². The molecule has 2 atom stereocenters. The predicted molar refractivity (Wildman–Crippen MR) is 50.4 cm³/mol. The summed E-state index contributed by atoms with van der Waals surface area (Å²) in [6.45, 7) is 0. The Kier molecular flexibility index (Phi) is 2.19. The molecule has 1 heterocycles. The Morgan fingerprint density at radius 2 is 2.38 bits per heavy atom. The van der Waals surface area contributed by atoms with E-state index in [0.717, 1.165) is 25.0 Å². The van der Waals surface area contributed by atoms with Crippen molar-refractivity contribution in [2.24, 2.45) is 11.7 Å². The lowest BCUT2D eigenvalue weighted by Crippen LogP contribution is -2.18. The number of carbonyl (C=O) groups is 1. The molecule has 1 aromatic heterocycles. The number of hydrogen-bond acceptors (Lipinski definition) is 2. The maximum Gasteiger partial charge on any atom is 0.182 e. The maximum atomic E-state index is 11.8. The summed E-state index contributed by atoms with van der Waals surface area (Å²) in [5.41, 5.74) is 6.48. The summed E-state index contributed by atoms with van der Waals surface area (Å²) in [7, 11) is 0. The number of rotatable bonds is 2. The van der Waals surface area contributed by atoms with E-state index in [9.17, 15) is 4.79 Å². The Balaban J connectivity index is 2.06. The summed E-state index contributed by atoms with van der Waals surface area (Å²) >= 11 is 0. The molecule has 2 unspecified atom stereocenters. The molecule has 0 spiro atoms. The molecule has 3 nitrogen and oxygen atoms in total. The summed E-state index contributed by atoms with van der Waals surface area (Å²) in [6, 6.07) is 3.90. The summed E-state index contributed by atoms with van der Waals surface area (Å²) in [4.78, 5) is 14.7. The van der Waals surface area contributed by atoms with Crippen molar-refractivity contribution in [2.75, 3.05) is 0 Å². The number of aromatic nitrogens is 1. The Hall–Kier alpha value is -1.09. The van der Waals surface area contributed by atoms with Gasteiger partial charge in [-0.15, -0.1) is 0 Å². The molecular formula is C10H14N2O. The van der Waals surface area contributed by atoms with E-state index in [1.807, 2.05) is 12.1 Å². The summed E-state index contributed by atoms with van der Waals surface area (Å²) in [5, 5.41) is 0. The van der Waals surface area contributed by atoms with Crippen LogP contribution in [0, 0.1) is 5.92 Å². The van der Waals surface area contributed by atoms with Gasteiger partial charge >= 0.3 is 0 Å². The van der Waals surface area contributed by atoms with Gasteiger partial charge in [-0.2, -0.15) is 0 Å². The van der Waals surface area contributed by atoms with Gasteiger partial charge < -0.3 is 10.7 Å². The monoisotopic (exact) mass is 178 g/mol. The smallest absolute Gasteiger partial charge is 0.182 e. The third-order valence-corrected chi connectivity index (χ3v) is 2.71. The molecule has 3 heteroatoms. The fourth-order valence-electron chi connectivity index (χ4n) is 1.96. The first-order valence-electron chi connectivity index (χ1n) is 4.70. The minimum atomic E-state index is 0.147. The van der Waals surface area contributed by atoms with Gasteiger partial charge in [0.05, 0.1) is 5.69 Å². The molecule has 0 aromatic carbocycles. The Bertz CT molecular complexity index is 292. The highest BCUT2D eigenvalue weighted by Crippen LogP contribution is 2.26. The van der Waals surface area contributed by atoms with Crippen molar-refractivity contribution in [3.63, 3.8) is 0 Å². The first kappa shape index (κ1) is 8.51. The standard InChI is InChI=1S/C10H14N2O/c11-8-4-3-7(6-8)10(13)9-2-1-5-12-9/h1-2,5,7-8,12H,3-4,6,11H2. The lowest BCUT2D eigenvalue weighted by molar-refractivity contribution is 0.0917. The molecule has 1 aromatic rings. The van der Waals surface area contributed by atoms with Crippen LogP contribution in [0.5, 0.6) is 0 Å². The van der Waals surface area contributed by atoms with Crippen molar-refractivity contribution < 1.29 is 4.79 Å². The van der Waals surface area contributed by atoms with Crippen molar-refractivity contribution in [2.45, 2.75) is 25.3 Å². The van der Waals surface area contributed by atoms with Crippen LogP contribution >= 0.6 is 0 Å². The van der Waals surface area contributed by atoms with Crippen molar-refractivity contribution in [1.29, 1.82) is 0 Å². The zero-order chi connectivity index (χ0) is 9.26. The molecule has 13 heavy (non-hydrogen) atoms. The van der Waals surface area contributed by atoms with Crippen LogP contribution < -0.4 is 5.73 Å². The summed E-state index contributed by atoms with van der Waals surface area (Å²) < 4.78 is 0. The average Bonchev–Trinajstić information content (AvgIpc) is 2.72. The molecule has 70 valence electrons. The summed E-state index contributed by atoms with van der Waals surface area (Å²) in [5.74, 6) is 0.367. The third-order valence-electron chi connectivity index (χ3n) is 2.71. The fraction of sp³-hybridized carbons (Fsp3) is 0.500. The van der Waals surface area contributed by atoms with Crippen LogP contribution in [-0.4, -0.2) is 16.8 Å². The quantitative estimate of drug-likeness (QED) is 0.671. The highest BCUT2D eigenvalue weighted by molar-refractivity contribution is 5.96. The molecule has 1 aliphatic rings. The van der Waals surface area contributed by atoms with E-state index < -0.39 is 0 Å². The minimum absolute atomic E-state index is 0.147. The van der Waals surface area contributed by atoms with E-state index in [2.05, 4.69) is 4.98 Å². The van der Waals surface area contributed by atoms with E-state index in [4.69, 9.17) is 5.73 Å². The number of carbonyl (C=O) groups excluding carboxylic acids is 1. The van der Waals surface area contributed by atoms with Gasteiger partial charge in [-0.05, 0) is 31.4 Å². The number of H-pyrrole nitrogens is 1. The zero-order valence-corrected chi connectivity index (χ0v) is 7.49. The molecule has 2 rings (SSSR count). The Morgan fingerprint density at radius 1 is 1.54 bits per heavy atom. The van der Waals surface area contributed by atoms with Crippen LogP contribution in [0.15, 0.2) is 18.3 Å². The number of aromatic amines is 1. The highest BCUT2D eigenvalue weighted by atomic mass is 16.1. The lowest BCUT2D eigenvalue weighted by atomic mass is 10.0. The van der Waals surface area contributed by atoms with Gasteiger partial charge in [0.1, 0.15) is 0 Å². The lowest BCUT2D eigenvalue weighted by Gasteiger charge is -2.05. The molecule has 1 saturated carbocycles. The molecule has 0 radical (unpaired) electrons. The van der Waals surface area contributed by atoms with Crippen LogP contribution in [0.3, 0.4) is 0 Å². The number of nitrogens with one attached hydrogen (secondary N) is 1. The number of Topliss-reactive ketones (excluding diaryl/α,β-unsaturated/α-hetero) is 1. The predicted octanol–water partition coefficient (Wildman–Crippen LogP) is 1.32. The number of hydrogen-bond donors (Lipinski definition) is 2. The van der Waals surface area contributed by atoms with Gasteiger partial charge in [0.2, 0.25) is 0 Å². The minimum Gasteiger partial charge on any atom is -0.359 e. The topological polar surface area (TPSA) is 58.9 Å². The second-order valence-corrected chi connectivity index (χ2v) is 3.72. The van der Waals surface area contributed by atoms with Gasteiger partial charge in [0, 0.05) is 18.2 Å². The van der Waals surface area contributed by atoms with Gasteiger partial charge in [-0.3, -0.25) is 4.79 Å². The number of ketones is 1. The van der Waals surface area contributed by atoms with E-state index >= 15 is 0 Å². The second kappa shape index (κ2) is 3.34. The number of nitrogens with two attached hydrogens (primary N) is 1. The Morgan fingerprint density at radius 3 is 2.92 bits per heavy atom. The van der Waals surface area contributed by atoms with Crippen LogP contribution in [0.2, 0.25) is 0 Å². The molecule has 1 aliphatic carbocycles. The van der Waals surface area contributed by atoms with E-state index in [1.165, 1.54) is 0 Å². The largest absolute Gasteiger partial charge is 0.359 e. The van der Waals surface area contributed by atoms with Crippen molar-refractivity contribution in [1.82, 2.24) is 4.98 Å². The van der Waals surface area contributed by atoms with Crippen LogP contribution in [0.1, 0.15) is 29.8 Å². The summed E-state index contributed by atoms with van der Waals surface area (Å²) in [6.07, 6.45) is 4.55. The third kappa shape index (κ3) is 1.65. The normalized spacial score (nSPS) is 27.8. The van der Waals surface area contributed by atoms with Gasteiger partial charge in [0.25, 0.3) is 0 Å². The first-order valence-corrected chi connectivity index (χ1v) is 4.70. The highest BCUT2D eigenvalue weighted by Gasteiger charge is 2.28. The molecular weight excluding hydrogens is 164 g/mol. The SMILES string of the molecule is NC1CCC(C(=O)c2ccc[nH]2)C1. The fourth-order valence-corrected chi connectivity index (χ4v) is 1.96. The molecule has 0 bridgehead atoms. The molecule has 1 fully saturated rings. The molecule has 0 saturated heterocycles. The van der Waals surface area contributed by atoms with Gasteiger partial charge in [-0.1, -0.05) is 0 Å². The maximum absolute atomic E-state index is 11.8. The molecule has 0 amide bonds. The molecule has 0 aliphatic heterocycles. The second-order valence-electron chi connectivity index (χ2n) is 3.72. The van der Waals surface area contributed by atoms with Crippen molar-refractivity contribution in [3.05, 3.63) is 24.0 Å². The van der Waals surface area contributed by atoms with Crippen molar-refractivity contribution >= 4 is 5.78 Å². The van der Waals surface area contributed by atoms with Gasteiger partial charge in [0.15, 0.2) is 5.78 Å². The molecule has 3 N–H and O–H groups in total.